The van der Waals surface area contributed by atoms with Crippen molar-refractivity contribution in [3.05, 3.63) is 35.1 Å². The molecule has 0 spiro atoms. The Morgan fingerprint density at radius 1 is 1.07 bits per heavy atom. The summed E-state index contributed by atoms with van der Waals surface area (Å²) in [4.78, 5) is 35.9. The van der Waals surface area contributed by atoms with Crippen molar-refractivity contribution in [3.8, 4) is 0 Å². The first kappa shape index (κ1) is 22.5. The number of carbonyl (C=O) groups is 3. The highest BCUT2D eigenvalue weighted by molar-refractivity contribution is 5.96. The number of hydrogen-bond donors (Lipinski definition) is 1. The van der Waals surface area contributed by atoms with E-state index < -0.39 is 58.9 Å². The van der Waals surface area contributed by atoms with E-state index in [4.69, 9.17) is 9.47 Å². The molecule has 0 bridgehead atoms. The van der Waals surface area contributed by atoms with Crippen molar-refractivity contribution in [3.63, 3.8) is 0 Å². The van der Waals surface area contributed by atoms with Gasteiger partial charge in [0.1, 0.15) is 17.5 Å². The number of ether oxygens (including phenoxy) is 2. The molecule has 1 aromatic carbocycles. The summed E-state index contributed by atoms with van der Waals surface area (Å²) in [5.74, 6) is -5.66. The number of Topliss-reactive ketones (excluding diaryl/α,β-unsaturated/α-hetero) is 1. The Morgan fingerprint density at radius 3 is 2.22 bits per heavy atom. The van der Waals surface area contributed by atoms with Gasteiger partial charge in [-0.3, -0.25) is 4.79 Å². The highest BCUT2D eigenvalue weighted by Crippen LogP contribution is 2.17. The standard InChI is InChI=1S/C18H22F3NO5/c1-5-26-16(24)14(22-17(25)27-18(2,3)4)6-7-15(23)10-8-12(20)13(21)9-11(10)19/h8-9,14H,5-7H2,1-4H3,(H,22,25)/t14-/m1/s1. The first-order valence-corrected chi connectivity index (χ1v) is 8.28. The predicted molar refractivity (Wildman–Crippen MR) is 89.7 cm³/mol. The predicted octanol–water partition coefficient (Wildman–Crippen LogP) is 3.52. The molecule has 0 aliphatic rings. The summed E-state index contributed by atoms with van der Waals surface area (Å²) in [7, 11) is 0. The number of benzene rings is 1. The lowest BCUT2D eigenvalue weighted by atomic mass is 10.0. The second kappa shape index (κ2) is 9.38. The Kier molecular flexibility index (Phi) is 7.81. The number of carbonyl (C=O) groups excluding carboxylic acids is 3. The molecule has 9 heteroatoms. The molecule has 1 rings (SSSR count). The van der Waals surface area contributed by atoms with Crippen LogP contribution in [0.15, 0.2) is 12.1 Å². The molecule has 150 valence electrons. The van der Waals surface area contributed by atoms with Crippen LogP contribution in [0.5, 0.6) is 0 Å². The summed E-state index contributed by atoms with van der Waals surface area (Å²) >= 11 is 0. The normalized spacial score (nSPS) is 12.3. The number of nitrogens with one attached hydrogen (secondary N) is 1. The van der Waals surface area contributed by atoms with Gasteiger partial charge in [-0.1, -0.05) is 0 Å². The minimum Gasteiger partial charge on any atom is -0.464 e. The van der Waals surface area contributed by atoms with Gasteiger partial charge in [0, 0.05) is 12.5 Å². The highest BCUT2D eigenvalue weighted by atomic mass is 19.2. The van der Waals surface area contributed by atoms with Crippen LogP contribution in [-0.4, -0.2) is 36.1 Å². The number of alkyl carbamates (subject to hydrolysis) is 1. The fraction of sp³-hybridized carbons (Fsp3) is 0.500. The molecule has 6 nitrogen and oxygen atoms in total. The van der Waals surface area contributed by atoms with Crippen LogP contribution in [0.25, 0.3) is 0 Å². The monoisotopic (exact) mass is 389 g/mol. The van der Waals surface area contributed by atoms with E-state index >= 15 is 0 Å². The number of halogens is 3. The molecule has 0 saturated carbocycles. The molecule has 1 aromatic rings. The maximum atomic E-state index is 13.7. The molecule has 0 heterocycles. The van der Waals surface area contributed by atoms with Crippen molar-refractivity contribution >= 4 is 17.8 Å². The lowest BCUT2D eigenvalue weighted by Gasteiger charge is -2.22. The zero-order valence-electron chi connectivity index (χ0n) is 15.5. The minimum absolute atomic E-state index is 0.0388. The first-order chi connectivity index (χ1) is 12.4. The van der Waals surface area contributed by atoms with Crippen LogP contribution in [0.4, 0.5) is 18.0 Å². The number of rotatable bonds is 7. The molecule has 1 amide bonds. The van der Waals surface area contributed by atoms with Crippen LogP contribution in [0.1, 0.15) is 50.9 Å². The van der Waals surface area contributed by atoms with Crippen LogP contribution < -0.4 is 5.32 Å². The number of ketones is 1. The molecule has 0 aromatic heterocycles. The van der Waals surface area contributed by atoms with Gasteiger partial charge in [-0.15, -0.1) is 0 Å². The van der Waals surface area contributed by atoms with E-state index in [1.165, 1.54) is 0 Å². The molecule has 1 N–H and O–H groups in total. The molecular formula is C18H22F3NO5. The van der Waals surface area contributed by atoms with Crippen LogP contribution >= 0.6 is 0 Å². The fourth-order valence-electron chi connectivity index (χ4n) is 2.09. The molecule has 0 unspecified atom stereocenters. The second-order valence-corrected chi connectivity index (χ2v) is 6.66. The van der Waals surface area contributed by atoms with E-state index in [0.717, 1.165) is 0 Å². The lowest BCUT2D eigenvalue weighted by Crippen LogP contribution is -2.44. The Labute approximate surface area is 155 Å². The maximum Gasteiger partial charge on any atom is 0.408 e. The second-order valence-electron chi connectivity index (χ2n) is 6.66. The molecular weight excluding hydrogens is 367 g/mol. The van der Waals surface area contributed by atoms with E-state index in [-0.39, 0.29) is 19.1 Å². The summed E-state index contributed by atoms with van der Waals surface area (Å²) in [5, 5.41) is 2.28. The topological polar surface area (TPSA) is 81.7 Å². The summed E-state index contributed by atoms with van der Waals surface area (Å²) in [6.45, 7) is 6.48. The average Bonchev–Trinajstić information content (AvgIpc) is 2.53. The fourth-order valence-corrected chi connectivity index (χ4v) is 2.09. The quantitative estimate of drug-likeness (QED) is 0.438. The maximum absolute atomic E-state index is 13.7. The SMILES string of the molecule is CCOC(=O)[C@@H](CCC(=O)c1cc(F)c(F)cc1F)NC(=O)OC(C)(C)C. The zero-order valence-corrected chi connectivity index (χ0v) is 15.5. The Morgan fingerprint density at radius 2 is 1.67 bits per heavy atom. The molecule has 0 fully saturated rings. The third-order valence-electron chi connectivity index (χ3n) is 3.23. The molecule has 27 heavy (non-hydrogen) atoms. The average molecular weight is 389 g/mol. The third-order valence-corrected chi connectivity index (χ3v) is 3.23. The van der Waals surface area contributed by atoms with E-state index in [9.17, 15) is 27.6 Å². The van der Waals surface area contributed by atoms with Gasteiger partial charge in [-0.25, -0.2) is 22.8 Å². The number of amides is 1. The highest BCUT2D eigenvalue weighted by Gasteiger charge is 2.27. The Balaban J connectivity index is 2.84. The number of esters is 1. The molecule has 0 aliphatic carbocycles. The third kappa shape index (κ3) is 7.28. The van der Waals surface area contributed by atoms with Crippen molar-refractivity contribution in [1.29, 1.82) is 0 Å². The van der Waals surface area contributed by atoms with Crippen molar-refractivity contribution in [2.75, 3.05) is 6.61 Å². The van der Waals surface area contributed by atoms with Crippen molar-refractivity contribution in [2.24, 2.45) is 0 Å². The van der Waals surface area contributed by atoms with Gasteiger partial charge in [0.25, 0.3) is 0 Å². The summed E-state index contributed by atoms with van der Waals surface area (Å²) in [5.41, 5.74) is -1.46. The van der Waals surface area contributed by atoms with Crippen molar-refractivity contribution in [2.45, 2.75) is 52.2 Å². The molecule has 0 aliphatic heterocycles. The van der Waals surface area contributed by atoms with E-state index in [2.05, 4.69) is 5.32 Å². The van der Waals surface area contributed by atoms with Crippen LogP contribution in [0.2, 0.25) is 0 Å². The smallest absolute Gasteiger partial charge is 0.408 e. The molecule has 0 radical (unpaired) electrons. The number of hydrogen-bond acceptors (Lipinski definition) is 5. The van der Waals surface area contributed by atoms with Crippen LogP contribution in [0, 0.1) is 17.5 Å². The molecule has 0 saturated heterocycles. The van der Waals surface area contributed by atoms with Gasteiger partial charge >= 0.3 is 12.1 Å². The van der Waals surface area contributed by atoms with Gasteiger partial charge in [0.2, 0.25) is 0 Å². The Hall–Kier alpha value is -2.58. The Bertz CT molecular complexity index is 716. The summed E-state index contributed by atoms with van der Waals surface area (Å²) in [6.07, 6.45) is -1.55. The largest absolute Gasteiger partial charge is 0.464 e. The van der Waals surface area contributed by atoms with Crippen molar-refractivity contribution < 1.29 is 37.0 Å². The van der Waals surface area contributed by atoms with E-state index in [0.29, 0.717) is 6.07 Å². The van der Waals surface area contributed by atoms with Gasteiger partial charge in [-0.2, -0.15) is 0 Å². The van der Waals surface area contributed by atoms with Crippen molar-refractivity contribution in [1.82, 2.24) is 5.32 Å². The van der Waals surface area contributed by atoms with Gasteiger partial charge < -0.3 is 14.8 Å². The van der Waals surface area contributed by atoms with Crippen LogP contribution in [-0.2, 0) is 14.3 Å². The lowest BCUT2D eigenvalue weighted by molar-refractivity contribution is -0.145. The molecule has 1 atom stereocenters. The van der Waals surface area contributed by atoms with Gasteiger partial charge in [0.05, 0.1) is 12.2 Å². The summed E-state index contributed by atoms with van der Waals surface area (Å²) < 4.78 is 49.7. The van der Waals surface area contributed by atoms with Crippen LogP contribution in [0.3, 0.4) is 0 Å². The first-order valence-electron chi connectivity index (χ1n) is 8.28. The zero-order chi connectivity index (χ0) is 20.8. The van der Waals surface area contributed by atoms with Gasteiger partial charge in [0.15, 0.2) is 17.4 Å². The summed E-state index contributed by atoms with van der Waals surface area (Å²) in [6, 6.07) is -0.505. The minimum atomic E-state index is -1.42. The van der Waals surface area contributed by atoms with E-state index in [1.54, 1.807) is 27.7 Å². The van der Waals surface area contributed by atoms with E-state index in [1.807, 2.05) is 0 Å². The van der Waals surface area contributed by atoms with Gasteiger partial charge in [-0.05, 0) is 40.2 Å².